The predicted molar refractivity (Wildman–Crippen MR) is 38.1 cm³/mol. The van der Waals surface area contributed by atoms with Gasteiger partial charge in [0.05, 0.1) is 0 Å². The number of carbonyl (C=O) groups excluding carboxylic acids is 1. The van der Waals surface area contributed by atoms with E-state index in [-0.39, 0.29) is 0 Å². The smallest absolute Gasteiger partial charge is 0.421 e. The molecule has 3 N–H and O–H groups in total. The molecule has 0 aliphatic heterocycles. The number of hydrazine groups is 1. The van der Waals surface area contributed by atoms with E-state index in [1.54, 1.807) is 0 Å². The predicted octanol–water partition coefficient (Wildman–Crippen LogP) is 0.553. The van der Waals surface area contributed by atoms with Gasteiger partial charge in [0, 0.05) is 0 Å². The second kappa shape index (κ2) is 4.81. The number of ether oxygens (including phenoxy) is 1. The van der Waals surface area contributed by atoms with Crippen molar-refractivity contribution in [3.63, 3.8) is 0 Å². The molecule has 0 bridgehead atoms. The molecule has 4 nitrogen and oxygen atoms in total. The first kappa shape index (κ1) is 8.97. The van der Waals surface area contributed by atoms with Crippen LogP contribution in [0.2, 0.25) is 0 Å². The SMILES string of the molecule is C/C=C(\C)COC(=O)NN. The lowest BCUT2D eigenvalue weighted by atomic mass is 10.3. The highest BCUT2D eigenvalue weighted by atomic mass is 16.5. The van der Waals surface area contributed by atoms with Crippen molar-refractivity contribution in [2.45, 2.75) is 13.8 Å². The quantitative estimate of drug-likeness (QED) is 0.257. The highest BCUT2D eigenvalue weighted by Gasteiger charge is 1.96. The van der Waals surface area contributed by atoms with Gasteiger partial charge in [-0.15, -0.1) is 0 Å². The number of amides is 1. The van der Waals surface area contributed by atoms with Gasteiger partial charge in [-0.25, -0.2) is 10.6 Å². The van der Waals surface area contributed by atoms with Crippen molar-refractivity contribution >= 4 is 6.09 Å². The molecule has 0 radical (unpaired) electrons. The van der Waals surface area contributed by atoms with E-state index < -0.39 is 6.09 Å². The van der Waals surface area contributed by atoms with Gasteiger partial charge >= 0.3 is 6.09 Å². The summed E-state index contributed by atoms with van der Waals surface area (Å²) in [5, 5.41) is 0. The zero-order valence-electron chi connectivity index (χ0n) is 6.18. The first-order valence-electron chi connectivity index (χ1n) is 2.96. The Morgan fingerprint density at radius 1 is 1.80 bits per heavy atom. The molecule has 0 aromatic heterocycles. The molecule has 0 rings (SSSR count). The Hall–Kier alpha value is -1.03. The summed E-state index contributed by atoms with van der Waals surface area (Å²) in [7, 11) is 0. The molecule has 0 spiro atoms. The minimum absolute atomic E-state index is 0.291. The van der Waals surface area contributed by atoms with Crippen LogP contribution in [0.5, 0.6) is 0 Å². The molecule has 0 saturated carbocycles. The van der Waals surface area contributed by atoms with E-state index in [2.05, 4.69) is 4.74 Å². The summed E-state index contributed by atoms with van der Waals surface area (Å²) < 4.78 is 4.60. The maximum Gasteiger partial charge on any atom is 0.421 e. The zero-order valence-corrected chi connectivity index (χ0v) is 6.18. The van der Waals surface area contributed by atoms with Crippen molar-refractivity contribution in [1.82, 2.24) is 5.43 Å². The van der Waals surface area contributed by atoms with Gasteiger partial charge in [0.2, 0.25) is 0 Å². The highest BCUT2D eigenvalue weighted by Crippen LogP contribution is 1.91. The van der Waals surface area contributed by atoms with Crippen LogP contribution in [0, 0.1) is 0 Å². The molecular formula is C6H12N2O2. The van der Waals surface area contributed by atoms with Crippen molar-refractivity contribution in [3.8, 4) is 0 Å². The van der Waals surface area contributed by atoms with E-state index in [1.807, 2.05) is 25.3 Å². The maximum atomic E-state index is 10.3. The number of carbonyl (C=O) groups is 1. The van der Waals surface area contributed by atoms with Gasteiger partial charge in [0.1, 0.15) is 6.61 Å². The summed E-state index contributed by atoms with van der Waals surface area (Å²) in [4.78, 5) is 10.3. The summed E-state index contributed by atoms with van der Waals surface area (Å²) in [5.41, 5.74) is 2.85. The number of nitrogens with one attached hydrogen (secondary N) is 1. The average Bonchev–Trinajstić information content (AvgIpc) is 1.99. The van der Waals surface area contributed by atoms with Crippen LogP contribution in [0.15, 0.2) is 11.6 Å². The molecule has 0 unspecified atom stereocenters. The van der Waals surface area contributed by atoms with Gasteiger partial charge in [0.25, 0.3) is 0 Å². The molecular weight excluding hydrogens is 132 g/mol. The fourth-order valence-electron chi connectivity index (χ4n) is 0.304. The molecule has 0 aliphatic rings. The van der Waals surface area contributed by atoms with Crippen molar-refractivity contribution in [3.05, 3.63) is 11.6 Å². The van der Waals surface area contributed by atoms with Crippen LogP contribution in [-0.4, -0.2) is 12.7 Å². The Labute approximate surface area is 60.0 Å². The molecule has 58 valence electrons. The second-order valence-corrected chi connectivity index (χ2v) is 1.86. The van der Waals surface area contributed by atoms with Crippen molar-refractivity contribution in [2.75, 3.05) is 6.61 Å². The third-order valence-electron chi connectivity index (χ3n) is 1.04. The minimum Gasteiger partial charge on any atom is -0.444 e. The molecule has 1 amide bonds. The zero-order chi connectivity index (χ0) is 7.98. The van der Waals surface area contributed by atoms with Gasteiger partial charge in [-0.2, -0.15) is 0 Å². The van der Waals surface area contributed by atoms with E-state index in [1.165, 1.54) is 0 Å². The largest absolute Gasteiger partial charge is 0.444 e. The third kappa shape index (κ3) is 3.91. The van der Waals surface area contributed by atoms with Crippen LogP contribution in [0.3, 0.4) is 0 Å². The summed E-state index contributed by atoms with van der Waals surface area (Å²) in [6, 6.07) is 0. The van der Waals surface area contributed by atoms with E-state index >= 15 is 0 Å². The normalized spacial score (nSPS) is 10.9. The Kier molecular flexibility index (Phi) is 4.32. The van der Waals surface area contributed by atoms with E-state index in [0.717, 1.165) is 5.57 Å². The van der Waals surface area contributed by atoms with E-state index in [0.29, 0.717) is 6.61 Å². The third-order valence-corrected chi connectivity index (χ3v) is 1.04. The van der Waals surface area contributed by atoms with E-state index in [9.17, 15) is 4.79 Å². The molecule has 0 saturated heterocycles. The van der Waals surface area contributed by atoms with Gasteiger partial charge in [-0.1, -0.05) is 6.08 Å². The topological polar surface area (TPSA) is 64.3 Å². The average molecular weight is 144 g/mol. The molecule has 4 heteroatoms. The lowest BCUT2D eigenvalue weighted by Gasteiger charge is -2.01. The summed E-state index contributed by atoms with van der Waals surface area (Å²) in [5.74, 6) is 4.76. The Bertz CT molecular complexity index is 143. The molecule has 10 heavy (non-hydrogen) atoms. The fraction of sp³-hybridized carbons (Fsp3) is 0.500. The Morgan fingerprint density at radius 2 is 2.40 bits per heavy atom. The Morgan fingerprint density at radius 3 is 2.80 bits per heavy atom. The van der Waals surface area contributed by atoms with Crippen LogP contribution in [0.1, 0.15) is 13.8 Å². The standard InChI is InChI=1S/C6H12N2O2/c1-3-5(2)4-10-6(9)8-7/h3H,4,7H2,1-2H3,(H,8,9)/b5-3+. The molecule has 0 atom stereocenters. The van der Waals surface area contributed by atoms with Crippen LogP contribution in [0.25, 0.3) is 0 Å². The fourth-order valence-corrected chi connectivity index (χ4v) is 0.304. The second-order valence-electron chi connectivity index (χ2n) is 1.86. The van der Waals surface area contributed by atoms with Crippen LogP contribution in [-0.2, 0) is 4.74 Å². The van der Waals surface area contributed by atoms with Crippen LogP contribution >= 0.6 is 0 Å². The van der Waals surface area contributed by atoms with Crippen molar-refractivity contribution < 1.29 is 9.53 Å². The number of hydrogen-bond acceptors (Lipinski definition) is 3. The molecule has 0 aliphatic carbocycles. The number of rotatable bonds is 2. The molecule has 0 aromatic rings. The van der Waals surface area contributed by atoms with E-state index in [4.69, 9.17) is 5.84 Å². The highest BCUT2D eigenvalue weighted by molar-refractivity contribution is 5.66. The first-order chi connectivity index (χ1) is 4.70. The first-order valence-corrected chi connectivity index (χ1v) is 2.96. The van der Waals surface area contributed by atoms with Gasteiger partial charge < -0.3 is 4.74 Å². The van der Waals surface area contributed by atoms with Crippen LogP contribution < -0.4 is 11.3 Å². The summed E-state index contributed by atoms with van der Waals surface area (Å²) in [6.07, 6.45) is 1.25. The maximum absolute atomic E-state index is 10.3. The molecule has 0 aromatic carbocycles. The van der Waals surface area contributed by atoms with Gasteiger partial charge in [-0.05, 0) is 19.4 Å². The molecule has 0 fully saturated rings. The number of nitrogens with two attached hydrogens (primary N) is 1. The monoisotopic (exact) mass is 144 g/mol. The number of allylic oxidation sites excluding steroid dienone is 1. The summed E-state index contributed by atoms with van der Waals surface area (Å²) in [6.45, 7) is 4.03. The Balaban J connectivity index is 3.45. The van der Waals surface area contributed by atoms with Gasteiger partial charge in [-0.3, -0.25) is 5.43 Å². The minimum atomic E-state index is -0.610. The van der Waals surface area contributed by atoms with Crippen molar-refractivity contribution in [2.24, 2.45) is 5.84 Å². The lowest BCUT2D eigenvalue weighted by Crippen LogP contribution is -2.31. The lowest BCUT2D eigenvalue weighted by molar-refractivity contribution is 0.156. The number of hydrogen-bond donors (Lipinski definition) is 2. The van der Waals surface area contributed by atoms with Crippen molar-refractivity contribution in [1.29, 1.82) is 0 Å². The summed E-state index contributed by atoms with van der Waals surface area (Å²) >= 11 is 0. The van der Waals surface area contributed by atoms with Gasteiger partial charge in [0.15, 0.2) is 0 Å². The molecule has 0 heterocycles. The van der Waals surface area contributed by atoms with Crippen LogP contribution in [0.4, 0.5) is 4.79 Å².